The Labute approximate surface area is 121 Å². The molecule has 112 valence electrons. The molecule has 0 spiro atoms. The highest BCUT2D eigenvalue weighted by Gasteiger charge is 2.30. The maximum atomic E-state index is 12.7. The molecule has 0 amide bonds. The molecular formula is C14H8F3N3O2. The highest BCUT2D eigenvalue weighted by molar-refractivity contribution is 5.68. The SMILES string of the molecule is O=[N+]([O-])c1cccn2cc(-c3cccc(C(F)(F)F)c3)nc12. The Morgan fingerprint density at radius 1 is 1.18 bits per heavy atom. The van der Waals surface area contributed by atoms with Crippen LogP contribution in [0, 0.1) is 10.1 Å². The molecule has 0 atom stereocenters. The Kier molecular flexibility index (Phi) is 3.09. The van der Waals surface area contributed by atoms with E-state index in [-0.39, 0.29) is 22.6 Å². The Balaban J connectivity index is 2.15. The number of fused-ring (bicyclic) bond motifs is 1. The molecule has 3 rings (SSSR count). The minimum atomic E-state index is -4.46. The van der Waals surface area contributed by atoms with Crippen molar-refractivity contribution in [1.82, 2.24) is 9.38 Å². The van der Waals surface area contributed by atoms with Gasteiger partial charge in [-0.25, -0.2) is 4.98 Å². The van der Waals surface area contributed by atoms with E-state index in [0.717, 1.165) is 12.1 Å². The second-order valence-corrected chi connectivity index (χ2v) is 4.59. The monoisotopic (exact) mass is 307 g/mol. The van der Waals surface area contributed by atoms with E-state index in [1.165, 1.54) is 34.9 Å². The van der Waals surface area contributed by atoms with Crippen LogP contribution in [0.15, 0.2) is 48.8 Å². The number of aromatic nitrogens is 2. The van der Waals surface area contributed by atoms with Gasteiger partial charge >= 0.3 is 11.9 Å². The van der Waals surface area contributed by atoms with E-state index in [2.05, 4.69) is 4.98 Å². The van der Waals surface area contributed by atoms with E-state index >= 15 is 0 Å². The topological polar surface area (TPSA) is 60.4 Å². The van der Waals surface area contributed by atoms with Crippen molar-refractivity contribution in [1.29, 1.82) is 0 Å². The summed E-state index contributed by atoms with van der Waals surface area (Å²) < 4.78 is 39.6. The zero-order valence-corrected chi connectivity index (χ0v) is 10.9. The summed E-state index contributed by atoms with van der Waals surface area (Å²) in [5, 5.41) is 10.9. The van der Waals surface area contributed by atoms with Crippen molar-refractivity contribution in [3.05, 3.63) is 64.5 Å². The lowest BCUT2D eigenvalue weighted by atomic mass is 10.1. The summed E-state index contributed by atoms with van der Waals surface area (Å²) in [6.07, 6.45) is -1.45. The molecule has 22 heavy (non-hydrogen) atoms. The van der Waals surface area contributed by atoms with E-state index < -0.39 is 16.7 Å². The zero-order valence-electron chi connectivity index (χ0n) is 10.9. The Hall–Kier alpha value is -2.90. The van der Waals surface area contributed by atoms with E-state index in [1.54, 1.807) is 6.20 Å². The summed E-state index contributed by atoms with van der Waals surface area (Å²) in [7, 11) is 0. The third-order valence-corrected chi connectivity index (χ3v) is 3.14. The van der Waals surface area contributed by atoms with Gasteiger partial charge in [0.25, 0.3) is 0 Å². The molecule has 0 bridgehead atoms. The quantitative estimate of drug-likeness (QED) is 0.532. The van der Waals surface area contributed by atoms with E-state index in [4.69, 9.17) is 0 Å². The van der Waals surface area contributed by atoms with Crippen molar-refractivity contribution in [2.75, 3.05) is 0 Å². The van der Waals surface area contributed by atoms with Gasteiger partial charge in [-0.05, 0) is 18.2 Å². The summed E-state index contributed by atoms with van der Waals surface area (Å²) in [4.78, 5) is 14.4. The van der Waals surface area contributed by atoms with Crippen LogP contribution in [0.25, 0.3) is 16.9 Å². The van der Waals surface area contributed by atoms with Crippen molar-refractivity contribution in [3.8, 4) is 11.3 Å². The van der Waals surface area contributed by atoms with Crippen LogP contribution in [0.4, 0.5) is 18.9 Å². The normalized spacial score (nSPS) is 11.8. The predicted molar refractivity (Wildman–Crippen MR) is 72.3 cm³/mol. The van der Waals surface area contributed by atoms with E-state index in [1.807, 2.05) is 0 Å². The number of halogens is 3. The number of benzene rings is 1. The molecule has 0 N–H and O–H groups in total. The van der Waals surface area contributed by atoms with Crippen molar-refractivity contribution >= 4 is 11.3 Å². The van der Waals surface area contributed by atoms with Gasteiger partial charge in [-0.2, -0.15) is 13.2 Å². The number of nitrogens with zero attached hydrogens (tertiary/aromatic N) is 3. The third-order valence-electron chi connectivity index (χ3n) is 3.14. The second-order valence-electron chi connectivity index (χ2n) is 4.59. The Bertz CT molecular complexity index is 871. The molecule has 0 aliphatic carbocycles. The lowest BCUT2D eigenvalue weighted by Crippen LogP contribution is -2.04. The fourth-order valence-corrected chi connectivity index (χ4v) is 2.13. The fraction of sp³-hybridized carbons (Fsp3) is 0.0714. The minimum Gasteiger partial charge on any atom is -0.301 e. The average Bonchev–Trinajstić information content (AvgIpc) is 2.90. The lowest BCUT2D eigenvalue weighted by molar-refractivity contribution is -0.383. The van der Waals surface area contributed by atoms with Crippen LogP contribution in [-0.4, -0.2) is 14.3 Å². The van der Waals surface area contributed by atoms with Crippen LogP contribution in [-0.2, 0) is 6.18 Å². The number of pyridine rings is 1. The van der Waals surface area contributed by atoms with Gasteiger partial charge in [0.2, 0.25) is 5.65 Å². The molecule has 0 aliphatic heterocycles. The first-order valence-corrected chi connectivity index (χ1v) is 6.16. The number of alkyl halides is 3. The smallest absolute Gasteiger partial charge is 0.301 e. The summed E-state index contributed by atoms with van der Waals surface area (Å²) in [6, 6.07) is 7.44. The van der Waals surface area contributed by atoms with Crippen molar-refractivity contribution in [3.63, 3.8) is 0 Å². The summed E-state index contributed by atoms with van der Waals surface area (Å²) in [6.45, 7) is 0. The van der Waals surface area contributed by atoms with E-state index in [0.29, 0.717) is 0 Å². The van der Waals surface area contributed by atoms with Gasteiger partial charge in [0, 0.05) is 24.0 Å². The fourth-order valence-electron chi connectivity index (χ4n) is 2.13. The predicted octanol–water partition coefficient (Wildman–Crippen LogP) is 3.93. The van der Waals surface area contributed by atoms with Crippen molar-refractivity contribution in [2.24, 2.45) is 0 Å². The number of hydrogen-bond acceptors (Lipinski definition) is 3. The van der Waals surface area contributed by atoms with Crippen LogP contribution in [0.5, 0.6) is 0 Å². The number of hydrogen-bond donors (Lipinski definition) is 0. The van der Waals surface area contributed by atoms with Gasteiger partial charge in [-0.15, -0.1) is 0 Å². The van der Waals surface area contributed by atoms with Crippen molar-refractivity contribution < 1.29 is 18.1 Å². The summed E-state index contributed by atoms with van der Waals surface area (Å²) >= 11 is 0. The maximum absolute atomic E-state index is 12.7. The highest BCUT2D eigenvalue weighted by Crippen LogP contribution is 2.32. The molecule has 2 heterocycles. The van der Waals surface area contributed by atoms with E-state index in [9.17, 15) is 23.3 Å². The molecule has 0 fully saturated rings. The van der Waals surface area contributed by atoms with Gasteiger partial charge < -0.3 is 4.40 Å². The van der Waals surface area contributed by atoms with Gasteiger partial charge in [0.1, 0.15) is 0 Å². The van der Waals surface area contributed by atoms with Crippen LogP contribution in [0.1, 0.15) is 5.56 Å². The first-order chi connectivity index (χ1) is 10.4. The summed E-state index contributed by atoms with van der Waals surface area (Å²) in [5.41, 5.74) is -0.439. The zero-order chi connectivity index (χ0) is 15.9. The Morgan fingerprint density at radius 3 is 2.64 bits per heavy atom. The maximum Gasteiger partial charge on any atom is 0.416 e. The standard InChI is InChI=1S/C14H8F3N3O2/c15-14(16,17)10-4-1-3-9(7-10)11-8-19-6-2-5-12(20(21)22)13(19)18-11/h1-8H. The number of imidazole rings is 1. The first kappa shape index (κ1) is 14.1. The first-order valence-electron chi connectivity index (χ1n) is 6.16. The molecule has 0 aliphatic rings. The van der Waals surface area contributed by atoms with Crippen LogP contribution >= 0.6 is 0 Å². The van der Waals surface area contributed by atoms with Crippen LogP contribution in [0.2, 0.25) is 0 Å². The van der Waals surface area contributed by atoms with Crippen LogP contribution in [0.3, 0.4) is 0 Å². The molecular weight excluding hydrogens is 299 g/mol. The molecule has 5 nitrogen and oxygen atoms in total. The molecule has 1 aromatic carbocycles. The molecule has 0 unspecified atom stereocenters. The largest absolute Gasteiger partial charge is 0.416 e. The lowest BCUT2D eigenvalue weighted by Gasteiger charge is -2.07. The molecule has 0 saturated heterocycles. The molecule has 0 saturated carbocycles. The summed E-state index contributed by atoms with van der Waals surface area (Å²) in [5.74, 6) is 0. The number of nitro groups is 1. The highest BCUT2D eigenvalue weighted by atomic mass is 19.4. The van der Waals surface area contributed by atoms with Gasteiger partial charge in [-0.1, -0.05) is 12.1 Å². The van der Waals surface area contributed by atoms with Crippen molar-refractivity contribution in [2.45, 2.75) is 6.18 Å². The van der Waals surface area contributed by atoms with Gasteiger partial charge in [0.15, 0.2) is 0 Å². The van der Waals surface area contributed by atoms with Crippen LogP contribution < -0.4 is 0 Å². The number of rotatable bonds is 2. The van der Waals surface area contributed by atoms with Gasteiger partial charge in [0.05, 0.1) is 16.2 Å². The molecule has 3 aromatic rings. The molecule has 2 aromatic heterocycles. The minimum absolute atomic E-state index is 0.0833. The average molecular weight is 307 g/mol. The van der Waals surface area contributed by atoms with Gasteiger partial charge in [-0.3, -0.25) is 10.1 Å². The Morgan fingerprint density at radius 2 is 1.95 bits per heavy atom. The third kappa shape index (κ3) is 2.39. The second kappa shape index (κ2) is 4.83. The molecule has 0 radical (unpaired) electrons. The molecule has 8 heteroatoms.